The van der Waals surface area contributed by atoms with Gasteiger partial charge in [-0.3, -0.25) is 9.59 Å². The van der Waals surface area contributed by atoms with Crippen LogP contribution in [0.5, 0.6) is 0 Å². The summed E-state index contributed by atoms with van der Waals surface area (Å²) in [5.41, 5.74) is 4.61. The third kappa shape index (κ3) is 5.22. The number of fused-ring (bicyclic) bond motifs is 3. The van der Waals surface area contributed by atoms with Crippen LogP contribution < -0.4 is 5.32 Å². The molecule has 2 aromatic carbocycles. The maximum Gasteiger partial charge on any atom is 0.407 e. The first-order chi connectivity index (χ1) is 16.5. The first-order valence-corrected chi connectivity index (χ1v) is 11.6. The summed E-state index contributed by atoms with van der Waals surface area (Å²) in [5.74, 6) is -1.33. The summed E-state index contributed by atoms with van der Waals surface area (Å²) >= 11 is 0. The van der Waals surface area contributed by atoms with Crippen LogP contribution in [0.1, 0.15) is 36.3 Å². The van der Waals surface area contributed by atoms with Crippen molar-refractivity contribution in [3.63, 3.8) is 0 Å². The second-order valence-electron chi connectivity index (χ2n) is 8.76. The van der Waals surface area contributed by atoms with Crippen LogP contribution in [0.25, 0.3) is 11.1 Å². The van der Waals surface area contributed by atoms with Crippen molar-refractivity contribution >= 4 is 18.0 Å². The van der Waals surface area contributed by atoms with Gasteiger partial charge in [-0.05, 0) is 35.1 Å². The zero-order valence-corrected chi connectivity index (χ0v) is 19.2. The van der Waals surface area contributed by atoms with Crippen molar-refractivity contribution in [2.75, 3.05) is 33.4 Å². The number of likely N-dealkylation sites (tertiary alicyclic amines) is 1. The maximum absolute atomic E-state index is 12.6. The number of carboxylic acid groups (broad SMARTS) is 1. The van der Waals surface area contributed by atoms with Gasteiger partial charge in [-0.25, -0.2) is 4.79 Å². The van der Waals surface area contributed by atoms with Gasteiger partial charge in [0.05, 0.1) is 18.4 Å². The molecule has 1 heterocycles. The van der Waals surface area contributed by atoms with Crippen LogP contribution in [0.4, 0.5) is 4.79 Å². The first-order valence-electron chi connectivity index (χ1n) is 11.6. The summed E-state index contributed by atoms with van der Waals surface area (Å²) in [7, 11) is 1.49. The molecule has 2 N–H and O–H groups in total. The number of hydrogen-bond donors (Lipinski definition) is 2. The Morgan fingerprint density at radius 3 is 2.18 bits per heavy atom. The zero-order valence-electron chi connectivity index (χ0n) is 19.2. The minimum absolute atomic E-state index is 0.0216. The summed E-state index contributed by atoms with van der Waals surface area (Å²) in [6.45, 7) is 1.21. The molecule has 34 heavy (non-hydrogen) atoms. The Balaban J connectivity index is 1.25. The minimum Gasteiger partial charge on any atom is -0.481 e. The lowest BCUT2D eigenvalue weighted by Gasteiger charge is -2.31. The van der Waals surface area contributed by atoms with Gasteiger partial charge in [0.15, 0.2) is 0 Å². The monoisotopic (exact) mass is 466 g/mol. The number of benzene rings is 2. The number of alkyl carbamates (subject to hydrolysis) is 1. The standard InChI is InChI=1S/C26H30N2O6/c1-33-18(14-24(29)28-12-10-17(11-13-28)25(30)31)15-27-26(32)34-16-23-21-8-4-2-6-19(21)20-7-3-5-9-22(20)23/h2-9,17-18,23H,10-16H2,1H3,(H,27,32)(H,30,31). The molecule has 8 heteroatoms. The average molecular weight is 467 g/mol. The number of piperidine rings is 1. The van der Waals surface area contributed by atoms with E-state index in [9.17, 15) is 14.4 Å². The number of carboxylic acids is 1. The van der Waals surface area contributed by atoms with E-state index in [1.165, 1.54) is 7.11 Å². The predicted molar refractivity (Wildman–Crippen MR) is 125 cm³/mol. The van der Waals surface area contributed by atoms with Crippen molar-refractivity contribution in [2.45, 2.75) is 31.3 Å². The Hall–Kier alpha value is -3.39. The van der Waals surface area contributed by atoms with Crippen LogP contribution in [0.15, 0.2) is 48.5 Å². The van der Waals surface area contributed by atoms with Crippen molar-refractivity contribution in [3.8, 4) is 11.1 Å². The molecule has 1 atom stereocenters. The smallest absolute Gasteiger partial charge is 0.407 e. The number of nitrogens with one attached hydrogen (secondary N) is 1. The van der Waals surface area contributed by atoms with E-state index in [0.29, 0.717) is 25.9 Å². The Morgan fingerprint density at radius 1 is 1.03 bits per heavy atom. The molecule has 2 aliphatic rings. The van der Waals surface area contributed by atoms with Crippen LogP contribution in [0.3, 0.4) is 0 Å². The Kier molecular flexibility index (Phi) is 7.47. The maximum atomic E-state index is 12.6. The molecule has 2 aromatic rings. The fraction of sp³-hybridized carbons (Fsp3) is 0.423. The van der Waals surface area contributed by atoms with Crippen LogP contribution in [0, 0.1) is 5.92 Å². The lowest BCUT2D eigenvalue weighted by molar-refractivity contribution is -0.146. The number of carbonyl (C=O) groups is 3. The quantitative estimate of drug-likeness (QED) is 0.619. The summed E-state index contributed by atoms with van der Waals surface area (Å²) in [6, 6.07) is 16.3. The van der Waals surface area contributed by atoms with Crippen LogP contribution in [-0.4, -0.2) is 67.4 Å². The van der Waals surface area contributed by atoms with E-state index in [2.05, 4.69) is 29.6 Å². The molecule has 0 bridgehead atoms. The molecular weight excluding hydrogens is 436 g/mol. The van der Waals surface area contributed by atoms with Crippen molar-refractivity contribution in [2.24, 2.45) is 5.92 Å². The van der Waals surface area contributed by atoms with Crippen molar-refractivity contribution in [3.05, 3.63) is 59.7 Å². The van der Waals surface area contributed by atoms with Crippen LogP contribution in [-0.2, 0) is 19.1 Å². The third-order valence-corrected chi connectivity index (χ3v) is 6.75. The first kappa shape index (κ1) is 23.8. The highest BCUT2D eigenvalue weighted by atomic mass is 16.5. The molecule has 1 fully saturated rings. The number of methoxy groups -OCH3 is 1. The van der Waals surface area contributed by atoms with E-state index in [0.717, 1.165) is 22.3 Å². The second kappa shape index (κ2) is 10.7. The molecule has 0 spiro atoms. The topological polar surface area (TPSA) is 105 Å². The van der Waals surface area contributed by atoms with Crippen molar-refractivity contribution in [1.82, 2.24) is 10.2 Å². The van der Waals surface area contributed by atoms with E-state index < -0.39 is 24.1 Å². The Morgan fingerprint density at radius 2 is 1.62 bits per heavy atom. The second-order valence-corrected chi connectivity index (χ2v) is 8.76. The number of nitrogens with zero attached hydrogens (tertiary/aromatic N) is 1. The fourth-order valence-electron chi connectivity index (χ4n) is 4.79. The molecule has 8 nitrogen and oxygen atoms in total. The summed E-state index contributed by atoms with van der Waals surface area (Å²) in [4.78, 5) is 37.7. The van der Waals surface area contributed by atoms with Gasteiger partial charge in [0.2, 0.25) is 5.91 Å². The van der Waals surface area contributed by atoms with Gasteiger partial charge in [0, 0.05) is 32.7 Å². The highest BCUT2D eigenvalue weighted by Gasteiger charge is 2.30. The van der Waals surface area contributed by atoms with Crippen LogP contribution >= 0.6 is 0 Å². The van der Waals surface area contributed by atoms with Gasteiger partial charge >= 0.3 is 12.1 Å². The summed E-state index contributed by atoms with van der Waals surface area (Å²) in [5, 5.41) is 11.8. The predicted octanol–water partition coefficient (Wildman–Crippen LogP) is 3.25. The van der Waals surface area contributed by atoms with E-state index in [1.807, 2.05) is 24.3 Å². The highest BCUT2D eigenvalue weighted by molar-refractivity contribution is 5.79. The molecular formula is C26H30N2O6. The van der Waals surface area contributed by atoms with Gasteiger partial charge in [-0.15, -0.1) is 0 Å². The SMILES string of the molecule is COC(CNC(=O)OCC1c2ccccc2-c2ccccc21)CC(=O)N1CCC(C(=O)O)CC1. The van der Waals surface area contributed by atoms with E-state index >= 15 is 0 Å². The van der Waals surface area contributed by atoms with Gasteiger partial charge < -0.3 is 24.8 Å². The normalized spacial score (nSPS) is 16.4. The molecule has 1 aliphatic carbocycles. The number of ether oxygens (including phenoxy) is 2. The lowest BCUT2D eigenvalue weighted by atomic mass is 9.97. The number of amides is 2. The van der Waals surface area contributed by atoms with Gasteiger partial charge in [-0.1, -0.05) is 48.5 Å². The molecule has 1 unspecified atom stereocenters. The van der Waals surface area contributed by atoms with Crippen LogP contribution in [0.2, 0.25) is 0 Å². The van der Waals surface area contributed by atoms with E-state index in [4.69, 9.17) is 14.6 Å². The fourth-order valence-corrected chi connectivity index (χ4v) is 4.79. The number of carbonyl (C=O) groups excluding carboxylic acids is 2. The van der Waals surface area contributed by atoms with Gasteiger partial charge in [-0.2, -0.15) is 0 Å². The molecule has 0 radical (unpaired) electrons. The minimum atomic E-state index is -0.811. The number of rotatable bonds is 8. The largest absolute Gasteiger partial charge is 0.481 e. The van der Waals surface area contributed by atoms with Gasteiger partial charge in [0.25, 0.3) is 0 Å². The third-order valence-electron chi connectivity index (χ3n) is 6.75. The summed E-state index contributed by atoms with van der Waals surface area (Å²) < 4.78 is 10.9. The Bertz CT molecular complexity index is 1000. The number of hydrogen-bond acceptors (Lipinski definition) is 5. The number of aliphatic carboxylic acids is 1. The molecule has 1 aliphatic heterocycles. The van der Waals surface area contributed by atoms with E-state index in [-0.39, 0.29) is 31.4 Å². The zero-order chi connectivity index (χ0) is 24.1. The van der Waals surface area contributed by atoms with E-state index in [1.54, 1.807) is 4.90 Å². The molecule has 180 valence electrons. The van der Waals surface area contributed by atoms with Crippen molar-refractivity contribution in [1.29, 1.82) is 0 Å². The molecule has 0 aromatic heterocycles. The lowest BCUT2D eigenvalue weighted by Crippen LogP contribution is -2.43. The highest BCUT2D eigenvalue weighted by Crippen LogP contribution is 2.44. The van der Waals surface area contributed by atoms with Gasteiger partial charge in [0.1, 0.15) is 6.61 Å². The summed E-state index contributed by atoms with van der Waals surface area (Å²) in [6.07, 6.45) is -0.0328. The van der Waals surface area contributed by atoms with Crippen molar-refractivity contribution < 1.29 is 29.0 Å². The molecule has 0 saturated carbocycles. The average Bonchev–Trinajstić information content (AvgIpc) is 3.18. The molecule has 1 saturated heterocycles. The molecule has 4 rings (SSSR count). The Labute approximate surface area is 198 Å². The molecule has 2 amide bonds.